The third-order valence-corrected chi connectivity index (χ3v) is 5.96. The van der Waals surface area contributed by atoms with E-state index in [-0.39, 0.29) is 11.7 Å². The van der Waals surface area contributed by atoms with E-state index in [1.807, 2.05) is 59.5 Å². The summed E-state index contributed by atoms with van der Waals surface area (Å²) in [4.78, 5) is 23.9. The summed E-state index contributed by atoms with van der Waals surface area (Å²) in [5.41, 5.74) is 4.73. The van der Waals surface area contributed by atoms with Crippen LogP contribution in [0.3, 0.4) is 0 Å². The second kappa shape index (κ2) is 9.83. The minimum Gasteiger partial charge on any atom is -0.457 e. The topological polar surface area (TPSA) is 55.3 Å². The fourth-order valence-electron chi connectivity index (χ4n) is 4.19. The van der Waals surface area contributed by atoms with E-state index in [1.54, 1.807) is 18.5 Å². The number of ether oxygens (including phenoxy) is 1. The van der Waals surface area contributed by atoms with Crippen molar-refractivity contribution in [2.75, 3.05) is 6.54 Å². The van der Waals surface area contributed by atoms with Gasteiger partial charge in [0.15, 0.2) is 0 Å². The molecule has 1 aliphatic heterocycles. The van der Waals surface area contributed by atoms with Crippen LogP contribution >= 0.6 is 0 Å². The molecule has 0 aliphatic carbocycles. The Morgan fingerprint density at radius 2 is 1.71 bits per heavy atom. The van der Waals surface area contributed by atoms with Crippen LogP contribution in [-0.4, -0.2) is 27.3 Å². The molecule has 1 aromatic heterocycles. The molecule has 0 N–H and O–H groups in total. The average Bonchev–Trinajstić information content (AvgIpc) is 2.86. The largest absolute Gasteiger partial charge is 0.457 e. The number of nitrogens with zero attached hydrogens (tertiary/aromatic N) is 3. The van der Waals surface area contributed by atoms with E-state index in [9.17, 15) is 9.18 Å². The van der Waals surface area contributed by atoms with Crippen LogP contribution in [-0.2, 0) is 30.6 Å². The van der Waals surface area contributed by atoms with E-state index in [0.717, 1.165) is 33.8 Å². The molecule has 3 aromatic carbocycles. The van der Waals surface area contributed by atoms with Crippen molar-refractivity contribution in [2.45, 2.75) is 25.8 Å². The molecule has 1 aliphatic rings. The Bertz CT molecular complexity index is 1290. The number of fused-ring (bicyclic) bond motifs is 1. The molecule has 34 heavy (non-hydrogen) atoms. The molecule has 5 nitrogen and oxygen atoms in total. The summed E-state index contributed by atoms with van der Waals surface area (Å²) in [5.74, 6) is 1.25. The van der Waals surface area contributed by atoms with Gasteiger partial charge in [0.05, 0.1) is 17.8 Å². The van der Waals surface area contributed by atoms with Crippen molar-refractivity contribution in [3.8, 4) is 11.5 Å². The standard InChI is InChI=1S/C28H24FN3O2/c29-22-11-9-20(10-12-22)16-27-25-18-32(14-13-26(25)30-19-31-27)28(33)17-21-5-4-8-24(15-21)34-23-6-2-1-3-7-23/h1-12,15,19H,13-14,16-18H2. The minimum atomic E-state index is -0.261. The summed E-state index contributed by atoms with van der Waals surface area (Å²) in [7, 11) is 0. The van der Waals surface area contributed by atoms with Gasteiger partial charge in [-0.3, -0.25) is 4.79 Å². The number of amides is 1. The lowest BCUT2D eigenvalue weighted by atomic mass is 9.99. The van der Waals surface area contributed by atoms with Gasteiger partial charge in [-0.1, -0.05) is 42.5 Å². The number of benzene rings is 3. The van der Waals surface area contributed by atoms with E-state index < -0.39 is 0 Å². The third-order valence-electron chi connectivity index (χ3n) is 5.96. The van der Waals surface area contributed by atoms with Crippen molar-refractivity contribution in [3.05, 3.63) is 119 Å². The number of aromatic nitrogens is 2. The van der Waals surface area contributed by atoms with Gasteiger partial charge in [-0.25, -0.2) is 14.4 Å². The maximum Gasteiger partial charge on any atom is 0.227 e. The van der Waals surface area contributed by atoms with Gasteiger partial charge < -0.3 is 9.64 Å². The van der Waals surface area contributed by atoms with E-state index >= 15 is 0 Å². The van der Waals surface area contributed by atoms with Gasteiger partial charge in [-0.05, 0) is 47.5 Å². The van der Waals surface area contributed by atoms with E-state index in [2.05, 4.69) is 9.97 Å². The van der Waals surface area contributed by atoms with Crippen LogP contribution in [0.4, 0.5) is 4.39 Å². The Hall–Kier alpha value is -4.06. The molecule has 4 aromatic rings. The highest BCUT2D eigenvalue weighted by molar-refractivity contribution is 5.79. The molecule has 2 heterocycles. The molecule has 0 saturated carbocycles. The molecule has 170 valence electrons. The van der Waals surface area contributed by atoms with E-state index in [4.69, 9.17) is 4.74 Å². The number of para-hydroxylation sites is 1. The first-order valence-corrected chi connectivity index (χ1v) is 11.3. The lowest BCUT2D eigenvalue weighted by Crippen LogP contribution is -2.38. The van der Waals surface area contributed by atoms with Gasteiger partial charge in [0.2, 0.25) is 5.91 Å². The van der Waals surface area contributed by atoms with Crippen LogP contribution in [0.1, 0.15) is 28.1 Å². The molecular formula is C28H24FN3O2. The Morgan fingerprint density at radius 1 is 0.912 bits per heavy atom. The number of halogens is 1. The lowest BCUT2D eigenvalue weighted by Gasteiger charge is -2.29. The number of carbonyl (C=O) groups excluding carboxylic acids is 1. The fourth-order valence-corrected chi connectivity index (χ4v) is 4.19. The highest BCUT2D eigenvalue weighted by atomic mass is 19.1. The first-order chi connectivity index (χ1) is 16.6. The second-order valence-electron chi connectivity index (χ2n) is 8.35. The van der Waals surface area contributed by atoms with E-state index in [1.165, 1.54) is 12.1 Å². The summed E-state index contributed by atoms with van der Waals surface area (Å²) in [6, 6.07) is 23.7. The van der Waals surface area contributed by atoms with Crippen molar-refractivity contribution in [1.82, 2.24) is 14.9 Å². The molecule has 0 bridgehead atoms. The average molecular weight is 454 g/mol. The molecule has 0 spiro atoms. The van der Waals surface area contributed by atoms with Gasteiger partial charge in [0.25, 0.3) is 0 Å². The zero-order valence-electron chi connectivity index (χ0n) is 18.7. The molecular weight excluding hydrogens is 429 g/mol. The minimum absolute atomic E-state index is 0.0547. The van der Waals surface area contributed by atoms with Crippen molar-refractivity contribution in [1.29, 1.82) is 0 Å². The van der Waals surface area contributed by atoms with Crippen molar-refractivity contribution < 1.29 is 13.9 Å². The second-order valence-corrected chi connectivity index (χ2v) is 8.35. The smallest absolute Gasteiger partial charge is 0.227 e. The maximum absolute atomic E-state index is 13.3. The predicted octanol–water partition coefficient (Wildman–Crippen LogP) is 5.13. The summed E-state index contributed by atoms with van der Waals surface area (Å²) < 4.78 is 19.2. The number of carbonyl (C=O) groups is 1. The number of hydrogen-bond acceptors (Lipinski definition) is 4. The fraction of sp³-hybridized carbons (Fsp3) is 0.179. The first-order valence-electron chi connectivity index (χ1n) is 11.3. The Labute approximate surface area is 197 Å². The van der Waals surface area contributed by atoms with Crippen LogP contribution in [0.15, 0.2) is 85.2 Å². The summed E-state index contributed by atoms with van der Waals surface area (Å²) in [5, 5.41) is 0. The third kappa shape index (κ3) is 5.12. The predicted molar refractivity (Wildman–Crippen MR) is 127 cm³/mol. The van der Waals surface area contributed by atoms with Gasteiger partial charge in [-0.15, -0.1) is 0 Å². The lowest BCUT2D eigenvalue weighted by molar-refractivity contribution is -0.131. The Kier molecular flexibility index (Phi) is 6.29. The highest BCUT2D eigenvalue weighted by Gasteiger charge is 2.24. The van der Waals surface area contributed by atoms with Crippen LogP contribution in [0, 0.1) is 5.82 Å². The molecule has 5 rings (SSSR count). The summed E-state index contributed by atoms with van der Waals surface area (Å²) in [6.07, 6.45) is 3.14. The van der Waals surface area contributed by atoms with Crippen LogP contribution in [0.25, 0.3) is 0 Å². The monoisotopic (exact) mass is 453 g/mol. The molecule has 1 amide bonds. The molecule has 6 heteroatoms. The Balaban J connectivity index is 1.28. The molecule has 0 fully saturated rings. The van der Waals surface area contributed by atoms with Gasteiger partial charge in [0, 0.05) is 31.5 Å². The molecule has 0 unspecified atom stereocenters. The maximum atomic E-state index is 13.3. The molecule has 0 atom stereocenters. The van der Waals surface area contributed by atoms with Crippen LogP contribution in [0.5, 0.6) is 11.5 Å². The summed E-state index contributed by atoms with van der Waals surface area (Å²) >= 11 is 0. The first kappa shape index (κ1) is 21.8. The number of hydrogen-bond donors (Lipinski definition) is 0. The zero-order valence-corrected chi connectivity index (χ0v) is 18.7. The normalized spacial score (nSPS) is 12.8. The van der Waals surface area contributed by atoms with Crippen LogP contribution < -0.4 is 4.74 Å². The summed E-state index contributed by atoms with van der Waals surface area (Å²) in [6.45, 7) is 1.10. The van der Waals surface area contributed by atoms with Gasteiger partial charge in [0.1, 0.15) is 23.6 Å². The molecule has 0 radical (unpaired) electrons. The SMILES string of the molecule is O=C(Cc1cccc(Oc2ccccc2)c1)N1CCc2ncnc(Cc3ccc(F)cc3)c2C1. The van der Waals surface area contributed by atoms with Crippen molar-refractivity contribution in [2.24, 2.45) is 0 Å². The van der Waals surface area contributed by atoms with Crippen molar-refractivity contribution >= 4 is 5.91 Å². The zero-order chi connectivity index (χ0) is 23.3. The van der Waals surface area contributed by atoms with Crippen molar-refractivity contribution in [3.63, 3.8) is 0 Å². The van der Waals surface area contributed by atoms with E-state index in [0.29, 0.717) is 38.1 Å². The van der Waals surface area contributed by atoms with Gasteiger partial charge >= 0.3 is 0 Å². The van der Waals surface area contributed by atoms with Crippen LogP contribution in [0.2, 0.25) is 0 Å². The highest BCUT2D eigenvalue weighted by Crippen LogP contribution is 2.25. The quantitative estimate of drug-likeness (QED) is 0.406. The Morgan fingerprint density at radius 3 is 2.53 bits per heavy atom. The number of rotatable bonds is 6. The molecule has 0 saturated heterocycles. The van der Waals surface area contributed by atoms with Gasteiger partial charge in [-0.2, -0.15) is 0 Å².